The highest BCUT2D eigenvalue weighted by Crippen LogP contribution is 2.41. The lowest BCUT2D eigenvalue weighted by Gasteiger charge is -2.50. The molecule has 2 fully saturated rings. The number of nitrogens with zero attached hydrogens (tertiary/aromatic N) is 3. The summed E-state index contributed by atoms with van der Waals surface area (Å²) in [6.45, 7) is 2.00. The SMILES string of the molecule is Cn1ccc2cc(C(=O)N3CC4(C3)OCCC4COc3ncccc3F)ccc21. The molecule has 2 saturated heterocycles. The molecule has 150 valence electrons. The summed E-state index contributed by atoms with van der Waals surface area (Å²) >= 11 is 0. The summed E-state index contributed by atoms with van der Waals surface area (Å²) in [4.78, 5) is 18.7. The van der Waals surface area contributed by atoms with Gasteiger partial charge in [0.2, 0.25) is 5.88 Å². The normalized spacial score (nSPS) is 20.2. The maximum absolute atomic E-state index is 13.7. The molecule has 2 aliphatic rings. The lowest BCUT2D eigenvalue weighted by atomic mass is 9.81. The first-order chi connectivity index (χ1) is 14.1. The van der Waals surface area contributed by atoms with Crippen LogP contribution in [0.25, 0.3) is 10.9 Å². The topological polar surface area (TPSA) is 56.6 Å². The van der Waals surface area contributed by atoms with Crippen LogP contribution in [0, 0.1) is 11.7 Å². The van der Waals surface area contributed by atoms with Crippen molar-refractivity contribution < 1.29 is 18.7 Å². The third-order valence-electron chi connectivity index (χ3n) is 6.08. The molecule has 7 heteroatoms. The van der Waals surface area contributed by atoms with E-state index in [1.807, 2.05) is 47.0 Å². The molecule has 0 bridgehead atoms. The molecule has 0 aliphatic carbocycles. The van der Waals surface area contributed by atoms with Gasteiger partial charge in [0, 0.05) is 48.4 Å². The van der Waals surface area contributed by atoms with Crippen LogP contribution in [0.3, 0.4) is 0 Å². The summed E-state index contributed by atoms with van der Waals surface area (Å²) < 4.78 is 27.4. The van der Waals surface area contributed by atoms with Gasteiger partial charge >= 0.3 is 0 Å². The van der Waals surface area contributed by atoms with Crippen molar-refractivity contribution in [1.82, 2.24) is 14.5 Å². The molecule has 5 rings (SSSR count). The quantitative estimate of drug-likeness (QED) is 0.682. The number of hydrogen-bond donors (Lipinski definition) is 0. The van der Waals surface area contributed by atoms with Crippen molar-refractivity contribution in [2.24, 2.45) is 13.0 Å². The number of benzene rings is 1. The number of halogens is 1. The fraction of sp³-hybridized carbons (Fsp3) is 0.364. The fourth-order valence-electron chi connectivity index (χ4n) is 4.37. The highest BCUT2D eigenvalue weighted by molar-refractivity contribution is 5.98. The molecule has 1 unspecified atom stereocenters. The summed E-state index contributed by atoms with van der Waals surface area (Å²) in [5.41, 5.74) is 1.37. The highest BCUT2D eigenvalue weighted by Gasteiger charge is 2.54. The first kappa shape index (κ1) is 18.1. The number of fused-ring (bicyclic) bond motifs is 1. The van der Waals surface area contributed by atoms with Crippen LogP contribution in [-0.4, -0.2) is 52.3 Å². The van der Waals surface area contributed by atoms with E-state index in [1.54, 1.807) is 0 Å². The molecule has 2 aromatic heterocycles. The number of carbonyl (C=O) groups is 1. The van der Waals surface area contributed by atoms with Gasteiger partial charge in [-0.15, -0.1) is 0 Å². The second kappa shape index (κ2) is 6.84. The predicted octanol–water partition coefficient (Wildman–Crippen LogP) is 3.02. The van der Waals surface area contributed by atoms with Gasteiger partial charge in [-0.3, -0.25) is 4.79 Å². The molecule has 3 aromatic rings. The third-order valence-corrected chi connectivity index (χ3v) is 6.08. The second-order valence-electron chi connectivity index (χ2n) is 7.86. The van der Waals surface area contributed by atoms with Crippen molar-refractivity contribution in [2.75, 3.05) is 26.3 Å². The van der Waals surface area contributed by atoms with E-state index in [9.17, 15) is 9.18 Å². The van der Waals surface area contributed by atoms with Gasteiger partial charge in [-0.2, -0.15) is 0 Å². The standard InChI is InChI=1S/C22H22FN3O3/c1-25-9-6-15-11-16(4-5-19(15)25)21(27)26-13-22(14-26)17(7-10-29-22)12-28-20-18(23)3-2-8-24-20/h2-6,8-9,11,17H,7,10,12-14H2,1H3. The largest absolute Gasteiger partial charge is 0.475 e. The van der Waals surface area contributed by atoms with Crippen LogP contribution in [0.1, 0.15) is 16.8 Å². The van der Waals surface area contributed by atoms with Gasteiger partial charge < -0.3 is 18.9 Å². The van der Waals surface area contributed by atoms with Crippen LogP contribution in [0.4, 0.5) is 4.39 Å². The Balaban J connectivity index is 1.25. The molecule has 0 radical (unpaired) electrons. The Labute approximate surface area is 167 Å². The van der Waals surface area contributed by atoms with E-state index in [4.69, 9.17) is 9.47 Å². The Kier molecular flexibility index (Phi) is 4.28. The molecular formula is C22H22FN3O3. The number of rotatable bonds is 4. The van der Waals surface area contributed by atoms with Crippen molar-refractivity contribution in [3.8, 4) is 5.88 Å². The average molecular weight is 395 g/mol. The number of pyridine rings is 1. The van der Waals surface area contributed by atoms with Crippen molar-refractivity contribution in [2.45, 2.75) is 12.0 Å². The number of aromatic nitrogens is 2. The molecule has 1 aromatic carbocycles. The summed E-state index contributed by atoms with van der Waals surface area (Å²) in [6, 6.07) is 10.6. The number of ether oxygens (including phenoxy) is 2. The van der Waals surface area contributed by atoms with Crippen molar-refractivity contribution in [1.29, 1.82) is 0 Å². The number of aryl methyl sites for hydroxylation is 1. The smallest absolute Gasteiger partial charge is 0.254 e. The minimum absolute atomic E-state index is 0.00677. The maximum Gasteiger partial charge on any atom is 0.254 e. The number of carbonyl (C=O) groups excluding carboxylic acids is 1. The van der Waals surface area contributed by atoms with E-state index in [0.717, 1.165) is 17.3 Å². The van der Waals surface area contributed by atoms with Crippen molar-refractivity contribution in [3.05, 3.63) is 60.2 Å². The van der Waals surface area contributed by atoms with Gasteiger partial charge in [0.05, 0.1) is 19.7 Å². The Morgan fingerprint density at radius 3 is 3.03 bits per heavy atom. The van der Waals surface area contributed by atoms with Crippen LogP contribution < -0.4 is 4.74 Å². The van der Waals surface area contributed by atoms with E-state index in [2.05, 4.69) is 4.98 Å². The summed E-state index contributed by atoms with van der Waals surface area (Å²) in [7, 11) is 1.99. The zero-order valence-electron chi connectivity index (χ0n) is 16.2. The Morgan fingerprint density at radius 2 is 2.21 bits per heavy atom. The molecule has 6 nitrogen and oxygen atoms in total. The molecule has 1 atom stereocenters. The van der Waals surface area contributed by atoms with Gasteiger partial charge in [-0.25, -0.2) is 9.37 Å². The van der Waals surface area contributed by atoms with Gasteiger partial charge in [-0.1, -0.05) is 0 Å². The van der Waals surface area contributed by atoms with Gasteiger partial charge in [-0.05, 0) is 42.8 Å². The number of hydrogen-bond acceptors (Lipinski definition) is 4. The molecule has 0 N–H and O–H groups in total. The fourth-order valence-corrected chi connectivity index (χ4v) is 4.37. The summed E-state index contributed by atoms with van der Waals surface area (Å²) in [5, 5.41) is 1.05. The first-order valence-corrected chi connectivity index (χ1v) is 9.77. The van der Waals surface area contributed by atoms with Gasteiger partial charge in [0.1, 0.15) is 5.60 Å². The molecule has 29 heavy (non-hydrogen) atoms. The van der Waals surface area contributed by atoms with E-state index in [-0.39, 0.29) is 17.7 Å². The number of likely N-dealkylation sites (tertiary alicyclic amines) is 1. The van der Waals surface area contributed by atoms with Crippen LogP contribution in [0.2, 0.25) is 0 Å². The summed E-state index contributed by atoms with van der Waals surface area (Å²) in [6.07, 6.45) is 4.32. The second-order valence-corrected chi connectivity index (χ2v) is 7.86. The van der Waals surface area contributed by atoms with E-state index >= 15 is 0 Å². The van der Waals surface area contributed by atoms with Crippen LogP contribution in [0.5, 0.6) is 5.88 Å². The van der Waals surface area contributed by atoms with Gasteiger partial charge in [0.25, 0.3) is 5.91 Å². The molecule has 1 spiro atoms. The third kappa shape index (κ3) is 3.06. The predicted molar refractivity (Wildman–Crippen MR) is 105 cm³/mol. The Hall–Kier alpha value is -2.93. The van der Waals surface area contributed by atoms with Crippen molar-refractivity contribution in [3.63, 3.8) is 0 Å². The molecule has 0 saturated carbocycles. The Bertz CT molecular complexity index is 1070. The zero-order chi connectivity index (χ0) is 20.0. The molecule has 4 heterocycles. The van der Waals surface area contributed by atoms with Crippen LogP contribution in [0.15, 0.2) is 48.8 Å². The Morgan fingerprint density at radius 1 is 1.34 bits per heavy atom. The van der Waals surface area contributed by atoms with Crippen molar-refractivity contribution >= 4 is 16.8 Å². The van der Waals surface area contributed by atoms with E-state index in [1.165, 1.54) is 18.3 Å². The summed E-state index contributed by atoms with van der Waals surface area (Å²) in [5.74, 6) is -0.350. The lowest BCUT2D eigenvalue weighted by molar-refractivity contribution is -0.122. The molecular weight excluding hydrogens is 373 g/mol. The zero-order valence-corrected chi connectivity index (χ0v) is 16.2. The van der Waals surface area contributed by atoms with E-state index in [0.29, 0.717) is 31.9 Å². The number of amides is 1. The first-order valence-electron chi connectivity index (χ1n) is 9.77. The molecule has 2 aliphatic heterocycles. The minimum Gasteiger partial charge on any atom is -0.475 e. The average Bonchev–Trinajstić information content (AvgIpc) is 3.29. The molecule has 1 amide bonds. The minimum atomic E-state index is -0.470. The highest BCUT2D eigenvalue weighted by atomic mass is 19.1. The van der Waals surface area contributed by atoms with Crippen LogP contribution >= 0.6 is 0 Å². The van der Waals surface area contributed by atoms with Crippen LogP contribution in [-0.2, 0) is 11.8 Å². The van der Waals surface area contributed by atoms with Gasteiger partial charge in [0.15, 0.2) is 5.82 Å². The van der Waals surface area contributed by atoms with E-state index < -0.39 is 11.4 Å². The lowest BCUT2D eigenvalue weighted by Crippen LogP contribution is -2.66. The maximum atomic E-state index is 13.7. The monoisotopic (exact) mass is 395 g/mol.